The van der Waals surface area contributed by atoms with Gasteiger partial charge in [-0.25, -0.2) is 0 Å². The van der Waals surface area contributed by atoms with Gasteiger partial charge in [0.2, 0.25) is 0 Å². The molecule has 2 nitrogen and oxygen atoms in total. The van der Waals surface area contributed by atoms with E-state index in [1.807, 2.05) is 0 Å². The van der Waals surface area contributed by atoms with Gasteiger partial charge in [-0.1, -0.05) is 13.8 Å². The lowest BCUT2D eigenvalue weighted by atomic mass is 9.72. The second-order valence-electron chi connectivity index (χ2n) is 6.05. The summed E-state index contributed by atoms with van der Waals surface area (Å²) in [6.07, 6.45) is 8.21. The minimum atomic E-state index is 0.342. The number of nitrogens with zero attached hydrogens (tertiary/aromatic N) is 1. The Morgan fingerprint density at radius 2 is 1.88 bits per heavy atom. The summed E-state index contributed by atoms with van der Waals surface area (Å²) in [5.74, 6) is 0. The van der Waals surface area contributed by atoms with Crippen LogP contribution in [-0.2, 0) is 0 Å². The van der Waals surface area contributed by atoms with Gasteiger partial charge in [0.1, 0.15) is 0 Å². The van der Waals surface area contributed by atoms with Crippen molar-refractivity contribution in [2.75, 3.05) is 19.6 Å². The molecule has 1 unspecified atom stereocenters. The largest absolute Gasteiger partial charge is 0.310 e. The van der Waals surface area contributed by atoms with Gasteiger partial charge in [-0.3, -0.25) is 4.90 Å². The van der Waals surface area contributed by atoms with Crippen molar-refractivity contribution in [1.82, 2.24) is 10.2 Å². The standard InChI is InChI=1S/C14H28N2/c1-4-13(3)12-16(11-7-10-15-13)14(5-2)8-6-9-14/h15H,4-12H2,1-3H3. The van der Waals surface area contributed by atoms with Crippen molar-refractivity contribution in [1.29, 1.82) is 0 Å². The van der Waals surface area contributed by atoms with E-state index in [0.29, 0.717) is 11.1 Å². The summed E-state index contributed by atoms with van der Waals surface area (Å²) in [5, 5.41) is 3.74. The van der Waals surface area contributed by atoms with Crippen LogP contribution in [0.4, 0.5) is 0 Å². The molecule has 1 heterocycles. The zero-order valence-corrected chi connectivity index (χ0v) is 11.3. The van der Waals surface area contributed by atoms with Gasteiger partial charge in [-0.2, -0.15) is 0 Å². The topological polar surface area (TPSA) is 15.3 Å². The highest BCUT2D eigenvalue weighted by molar-refractivity contribution is 5.01. The van der Waals surface area contributed by atoms with Crippen LogP contribution in [0.2, 0.25) is 0 Å². The van der Waals surface area contributed by atoms with Crippen LogP contribution in [0.5, 0.6) is 0 Å². The van der Waals surface area contributed by atoms with Crippen LogP contribution in [0.1, 0.15) is 59.3 Å². The van der Waals surface area contributed by atoms with E-state index in [-0.39, 0.29) is 0 Å². The molecule has 2 aliphatic rings. The van der Waals surface area contributed by atoms with E-state index in [0.717, 1.165) is 0 Å². The quantitative estimate of drug-likeness (QED) is 0.793. The Bertz CT molecular complexity index is 229. The third-order valence-electron chi connectivity index (χ3n) is 5.09. The van der Waals surface area contributed by atoms with Gasteiger partial charge >= 0.3 is 0 Å². The minimum absolute atomic E-state index is 0.342. The molecule has 1 aliphatic heterocycles. The van der Waals surface area contributed by atoms with Gasteiger partial charge in [0.05, 0.1) is 0 Å². The van der Waals surface area contributed by atoms with Gasteiger partial charge in [-0.05, 0) is 58.5 Å². The fourth-order valence-electron chi connectivity index (χ4n) is 3.34. The van der Waals surface area contributed by atoms with Crippen LogP contribution in [-0.4, -0.2) is 35.6 Å². The molecular weight excluding hydrogens is 196 g/mol. The van der Waals surface area contributed by atoms with E-state index in [2.05, 4.69) is 31.0 Å². The Morgan fingerprint density at radius 3 is 2.38 bits per heavy atom. The molecule has 16 heavy (non-hydrogen) atoms. The van der Waals surface area contributed by atoms with E-state index in [9.17, 15) is 0 Å². The number of hydrogen-bond acceptors (Lipinski definition) is 2. The van der Waals surface area contributed by atoms with Crippen molar-refractivity contribution in [2.24, 2.45) is 0 Å². The van der Waals surface area contributed by atoms with E-state index in [4.69, 9.17) is 0 Å². The summed E-state index contributed by atoms with van der Waals surface area (Å²) in [7, 11) is 0. The van der Waals surface area contributed by atoms with Gasteiger partial charge in [-0.15, -0.1) is 0 Å². The first kappa shape index (κ1) is 12.4. The molecule has 0 aromatic heterocycles. The third-order valence-corrected chi connectivity index (χ3v) is 5.09. The second kappa shape index (κ2) is 4.66. The normalized spacial score (nSPS) is 35.4. The van der Waals surface area contributed by atoms with Crippen LogP contribution in [0.25, 0.3) is 0 Å². The zero-order chi connectivity index (χ0) is 11.6. The van der Waals surface area contributed by atoms with Crippen LogP contribution in [0.15, 0.2) is 0 Å². The maximum atomic E-state index is 3.74. The van der Waals surface area contributed by atoms with Crippen molar-refractivity contribution in [2.45, 2.75) is 70.4 Å². The molecule has 1 saturated heterocycles. The van der Waals surface area contributed by atoms with Crippen molar-refractivity contribution < 1.29 is 0 Å². The molecule has 2 rings (SSSR count). The van der Waals surface area contributed by atoms with Crippen LogP contribution in [0, 0.1) is 0 Å². The van der Waals surface area contributed by atoms with Crippen molar-refractivity contribution in [3.63, 3.8) is 0 Å². The Balaban J connectivity index is 2.08. The van der Waals surface area contributed by atoms with E-state index in [1.165, 1.54) is 58.2 Å². The summed E-state index contributed by atoms with van der Waals surface area (Å²) in [6, 6.07) is 0. The predicted molar refractivity (Wildman–Crippen MR) is 69.8 cm³/mol. The molecule has 1 saturated carbocycles. The minimum Gasteiger partial charge on any atom is -0.310 e. The number of rotatable bonds is 3. The molecule has 94 valence electrons. The lowest BCUT2D eigenvalue weighted by molar-refractivity contribution is 0.00105. The fraction of sp³-hybridized carbons (Fsp3) is 1.00. The molecule has 2 fully saturated rings. The molecule has 0 radical (unpaired) electrons. The summed E-state index contributed by atoms with van der Waals surface area (Å²) < 4.78 is 0. The number of hydrogen-bond donors (Lipinski definition) is 1. The first-order valence-electron chi connectivity index (χ1n) is 7.14. The predicted octanol–water partition coefficient (Wildman–Crippen LogP) is 2.78. The molecule has 1 atom stereocenters. The molecule has 0 spiro atoms. The molecular formula is C14H28N2. The highest BCUT2D eigenvalue weighted by atomic mass is 15.2. The van der Waals surface area contributed by atoms with Crippen molar-refractivity contribution >= 4 is 0 Å². The summed E-state index contributed by atoms with van der Waals surface area (Å²) in [5.41, 5.74) is 0.913. The summed E-state index contributed by atoms with van der Waals surface area (Å²) in [4.78, 5) is 2.81. The zero-order valence-electron chi connectivity index (χ0n) is 11.3. The van der Waals surface area contributed by atoms with Crippen molar-refractivity contribution in [3.8, 4) is 0 Å². The smallest absolute Gasteiger partial charge is 0.0278 e. The third kappa shape index (κ3) is 2.14. The first-order valence-corrected chi connectivity index (χ1v) is 7.14. The highest BCUT2D eigenvalue weighted by Crippen LogP contribution is 2.41. The SMILES string of the molecule is CCC1(C)CN(C2(CC)CCC2)CCCN1. The maximum Gasteiger partial charge on any atom is 0.0278 e. The van der Waals surface area contributed by atoms with E-state index >= 15 is 0 Å². The van der Waals surface area contributed by atoms with Gasteiger partial charge in [0.25, 0.3) is 0 Å². The Morgan fingerprint density at radius 1 is 1.12 bits per heavy atom. The molecule has 1 N–H and O–H groups in total. The van der Waals surface area contributed by atoms with Gasteiger partial charge < -0.3 is 5.32 Å². The second-order valence-corrected chi connectivity index (χ2v) is 6.05. The average molecular weight is 224 g/mol. The lowest BCUT2D eigenvalue weighted by Gasteiger charge is -2.52. The van der Waals surface area contributed by atoms with Crippen LogP contribution >= 0.6 is 0 Å². The molecule has 0 aromatic carbocycles. The Kier molecular flexibility index (Phi) is 3.60. The summed E-state index contributed by atoms with van der Waals surface area (Å²) in [6.45, 7) is 10.8. The van der Waals surface area contributed by atoms with Crippen LogP contribution < -0.4 is 5.32 Å². The number of nitrogens with one attached hydrogen (secondary N) is 1. The van der Waals surface area contributed by atoms with Gasteiger partial charge in [0, 0.05) is 17.6 Å². The lowest BCUT2D eigenvalue weighted by Crippen LogP contribution is -2.58. The maximum absolute atomic E-state index is 3.74. The fourth-order valence-corrected chi connectivity index (χ4v) is 3.34. The van der Waals surface area contributed by atoms with Gasteiger partial charge in [0.15, 0.2) is 0 Å². The molecule has 1 aliphatic carbocycles. The van der Waals surface area contributed by atoms with Crippen LogP contribution in [0.3, 0.4) is 0 Å². The van der Waals surface area contributed by atoms with E-state index < -0.39 is 0 Å². The molecule has 0 bridgehead atoms. The highest BCUT2D eigenvalue weighted by Gasteiger charge is 2.43. The monoisotopic (exact) mass is 224 g/mol. The Hall–Kier alpha value is -0.0800. The van der Waals surface area contributed by atoms with Crippen molar-refractivity contribution in [3.05, 3.63) is 0 Å². The summed E-state index contributed by atoms with van der Waals surface area (Å²) >= 11 is 0. The average Bonchev–Trinajstić information content (AvgIpc) is 2.41. The van der Waals surface area contributed by atoms with E-state index in [1.54, 1.807) is 0 Å². The molecule has 0 amide bonds. The Labute approximate surface area is 101 Å². The molecule has 2 heteroatoms. The molecule has 0 aromatic rings. The first-order chi connectivity index (χ1) is 7.64.